The molecular weight excluding hydrogens is 1360 g/mol. The first kappa shape index (κ1) is 127. The van der Waals surface area contributed by atoms with Gasteiger partial charge < -0.3 is 0 Å². The molecule has 0 aromatic carbocycles. The number of rotatable bonds is 0. The average Bonchev–Trinajstić information content (AvgIpc) is 3.98. The van der Waals surface area contributed by atoms with E-state index in [1.165, 1.54) is 49.1 Å². The van der Waals surface area contributed by atoms with Gasteiger partial charge in [0.15, 0.2) is 0 Å². The number of pyridine rings is 2. The minimum Gasteiger partial charge on any atom is -0.265 e. The zero-order chi connectivity index (χ0) is 85.4. The molecule has 12 heterocycles. The second-order valence-corrected chi connectivity index (χ2v) is 16.1. The van der Waals surface area contributed by atoms with E-state index in [2.05, 4.69) is 131 Å². The van der Waals surface area contributed by atoms with E-state index < -0.39 is 0 Å². The summed E-state index contributed by atoms with van der Waals surface area (Å²) in [6.07, 6.45) is 41.3. The minimum atomic E-state index is 0. The van der Waals surface area contributed by atoms with Crippen molar-refractivity contribution < 1.29 is 0 Å². The van der Waals surface area contributed by atoms with Crippen molar-refractivity contribution in [2.24, 2.45) is 0 Å². The Labute approximate surface area is 662 Å². The van der Waals surface area contributed by atoms with Gasteiger partial charge in [0, 0.05) is 98.6 Å². The molecule has 0 aliphatic heterocycles. The Hall–Kier alpha value is -11.2. The van der Waals surface area contributed by atoms with Gasteiger partial charge in [-0.2, -0.15) is 35.7 Å². The molecule has 0 saturated carbocycles. The Morgan fingerprint density at radius 3 is 0.826 bits per heavy atom. The van der Waals surface area contributed by atoms with Gasteiger partial charge in [0.25, 0.3) is 0 Å². The third-order valence-corrected chi connectivity index (χ3v) is 8.34. The number of aromatic nitrogens is 26. The van der Waals surface area contributed by atoms with E-state index in [0.717, 1.165) is 51.2 Å². The van der Waals surface area contributed by atoms with Gasteiger partial charge in [-0.05, 0) is 154 Å². The lowest BCUT2D eigenvalue weighted by atomic mass is 10.3. The van der Waals surface area contributed by atoms with Gasteiger partial charge in [0.1, 0.15) is 55.4 Å². The highest BCUT2D eigenvalue weighted by Gasteiger charge is 1.82. The summed E-state index contributed by atoms with van der Waals surface area (Å²) in [5, 5.41) is 36.0. The van der Waals surface area contributed by atoms with Crippen LogP contribution in [0.1, 0.15) is 242 Å². The maximum atomic E-state index is 3.92. The fraction of sp³-hybridized carbons (Fsp3) is 0.446. The van der Waals surface area contributed by atoms with Gasteiger partial charge in [-0.25, -0.2) is 59.8 Å². The van der Waals surface area contributed by atoms with Gasteiger partial charge >= 0.3 is 0 Å². The molecule has 0 fully saturated rings. The van der Waals surface area contributed by atoms with Crippen molar-refractivity contribution in [3.8, 4) is 0 Å². The molecule has 12 aromatic rings. The van der Waals surface area contributed by atoms with E-state index in [9.17, 15) is 0 Å². The molecule has 12 aromatic heterocycles. The smallest absolute Gasteiger partial charge is 0.147 e. The molecule has 26 heteroatoms. The van der Waals surface area contributed by atoms with Crippen LogP contribution in [0, 0.1) is 83.1 Å². The first-order valence-corrected chi connectivity index (χ1v) is 37.2. The van der Waals surface area contributed by atoms with Crippen LogP contribution in [0.5, 0.6) is 0 Å². The molecule has 0 atom stereocenters. The Bertz CT molecular complexity index is 2450. The maximum Gasteiger partial charge on any atom is 0.147 e. The molecule has 0 aliphatic carbocycles. The molecule has 0 N–H and O–H groups in total. The highest BCUT2D eigenvalue weighted by Crippen LogP contribution is 1.91. The van der Waals surface area contributed by atoms with Crippen molar-refractivity contribution in [1.82, 2.24) is 131 Å². The standard InChI is InChI=1S/2C6H7N.6C5H6N2.4C4H5N3.12C2H6.CH4/c1-6-2-4-7-5-3-6;1-6-3-2-4-7-5-6;1-5-2-6-4-7-3-5;1-5-4-6-2-3-7-5;1-5-2-3-6-4-7-5;1-5-2-3-6-7-4-5;1-5-6-3-2-4-7-5;1-5-3-2-4-6-7-5;1-4-6-2-5-3-7-4;1-4-2-6-7-3-5-4;1-4-2-5-3-6-7-4;1-4-5-2-3-6-7-4;12*1-2;/h2*2-5H,1H3;6*2-4H,1H3;4*2-3H,1H3;12*1-2H3;1H4. The molecule has 12 rings (SSSR count). The summed E-state index contributed by atoms with van der Waals surface area (Å²) in [5.74, 6) is 2.29. The van der Waals surface area contributed by atoms with Crippen LogP contribution in [-0.2, 0) is 0 Å². The van der Waals surface area contributed by atoms with Gasteiger partial charge in [0.2, 0.25) is 0 Å². The van der Waals surface area contributed by atoms with Crippen LogP contribution in [0.3, 0.4) is 0 Å². The predicted octanol–water partition coefficient (Wildman–Crippen LogP) is 21.2. The van der Waals surface area contributed by atoms with Gasteiger partial charge in [-0.1, -0.05) is 180 Å². The molecule has 0 bridgehead atoms. The first-order chi connectivity index (χ1) is 52.7. The quantitative estimate of drug-likeness (QED) is 0.136. The second-order valence-electron chi connectivity index (χ2n) is 16.1. The fourth-order valence-electron chi connectivity index (χ4n) is 4.31. The van der Waals surface area contributed by atoms with Crippen LogP contribution < -0.4 is 0 Å². The van der Waals surface area contributed by atoms with Gasteiger partial charge in [-0.15, -0.1) is 15.3 Å². The van der Waals surface area contributed by atoms with Crippen LogP contribution >= 0.6 is 0 Å². The van der Waals surface area contributed by atoms with Crippen molar-refractivity contribution >= 4 is 0 Å². The summed E-state index contributed by atoms with van der Waals surface area (Å²) >= 11 is 0. The summed E-state index contributed by atoms with van der Waals surface area (Å²) in [4.78, 5) is 60.8. The topological polar surface area (TPSA) is 335 Å². The SMILES string of the molecule is C.CC.CC.CC.CC.CC.CC.CC.CC.CC.CC.CC.CC.Cc1cccnc1.Cc1cccnn1.Cc1ccncc1.Cc1ccncn1.Cc1ccnnc1.Cc1cnccn1.Cc1cncnc1.Cc1cncnn1.Cc1cnncn1.Cc1ncccn1.Cc1nccnn1.Cc1ncncn1. The summed E-state index contributed by atoms with van der Waals surface area (Å²) in [6.45, 7) is 71.0. The zero-order valence-electron chi connectivity index (χ0n) is 73.3. The maximum absolute atomic E-state index is 3.92. The monoisotopic (exact) mass is 1510 g/mol. The molecule has 0 radical (unpaired) electrons. The number of hydrogen-bond acceptors (Lipinski definition) is 26. The second kappa shape index (κ2) is 124. The average molecular weight is 1510 g/mol. The van der Waals surface area contributed by atoms with E-state index in [4.69, 9.17) is 0 Å². The lowest BCUT2D eigenvalue weighted by Gasteiger charge is -1.82. The van der Waals surface area contributed by atoms with Gasteiger partial charge in [0.05, 0.1) is 47.6 Å². The zero-order valence-corrected chi connectivity index (χ0v) is 73.3. The molecular formula is C83H146N26. The largest absolute Gasteiger partial charge is 0.265 e. The van der Waals surface area contributed by atoms with E-state index in [-0.39, 0.29) is 7.43 Å². The molecule has 0 unspecified atom stereocenters. The number of aryl methyl sites for hydroxylation is 12. The Morgan fingerprint density at radius 2 is 0.606 bits per heavy atom. The van der Waals surface area contributed by atoms with Crippen molar-refractivity contribution in [3.63, 3.8) is 0 Å². The third-order valence-electron chi connectivity index (χ3n) is 8.34. The van der Waals surface area contributed by atoms with E-state index in [1.807, 2.05) is 297 Å². The molecule has 0 amide bonds. The predicted molar refractivity (Wildman–Crippen MR) is 460 cm³/mol. The van der Waals surface area contributed by atoms with E-state index >= 15 is 0 Å². The Balaban J connectivity index is -0.0000000817. The highest BCUT2D eigenvalue weighted by atomic mass is 15.1. The number of nitrogens with zero attached hydrogens (tertiary/aromatic N) is 26. The number of hydrogen-bond donors (Lipinski definition) is 0. The van der Waals surface area contributed by atoms with Crippen molar-refractivity contribution in [1.29, 1.82) is 0 Å². The van der Waals surface area contributed by atoms with Crippen LogP contribution in [0.4, 0.5) is 0 Å². The summed E-state index contributed by atoms with van der Waals surface area (Å²) in [5.41, 5.74) is 9.40. The molecule has 109 heavy (non-hydrogen) atoms. The fourth-order valence-corrected chi connectivity index (χ4v) is 4.31. The third kappa shape index (κ3) is 121. The minimum absolute atomic E-state index is 0. The lowest BCUT2D eigenvalue weighted by Crippen LogP contribution is -1.85. The highest BCUT2D eigenvalue weighted by molar-refractivity contribution is 5.06. The Morgan fingerprint density at radius 1 is 0.174 bits per heavy atom. The van der Waals surface area contributed by atoms with Crippen molar-refractivity contribution in [2.75, 3.05) is 0 Å². The molecule has 0 spiro atoms. The molecule has 26 nitrogen and oxygen atoms in total. The van der Waals surface area contributed by atoms with Crippen molar-refractivity contribution in [2.45, 2.75) is 257 Å². The van der Waals surface area contributed by atoms with E-state index in [0.29, 0.717) is 5.82 Å². The first-order valence-electron chi connectivity index (χ1n) is 37.2. The molecule has 0 aliphatic rings. The van der Waals surface area contributed by atoms with Crippen LogP contribution in [0.15, 0.2) is 210 Å². The molecule has 0 saturated heterocycles. The normalized spacial score (nSPS) is 7.38. The van der Waals surface area contributed by atoms with Crippen molar-refractivity contribution in [3.05, 3.63) is 278 Å². The Kier molecular flexibility index (Phi) is 144. The summed E-state index contributed by atoms with van der Waals surface area (Å²) in [7, 11) is 0. The molecule has 608 valence electrons. The van der Waals surface area contributed by atoms with E-state index in [1.54, 1.807) is 125 Å². The van der Waals surface area contributed by atoms with Crippen LogP contribution in [0.2, 0.25) is 0 Å². The lowest BCUT2D eigenvalue weighted by molar-refractivity contribution is 0.907. The van der Waals surface area contributed by atoms with Gasteiger partial charge in [-0.3, -0.25) is 19.9 Å². The summed E-state index contributed by atoms with van der Waals surface area (Å²) in [6, 6.07) is 17.2. The van der Waals surface area contributed by atoms with Crippen LogP contribution in [-0.4, -0.2) is 131 Å². The van der Waals surface area contributed by atoms with Crippen LogP contribution in [0.25, 0.3) is 0 Å². The summed E-state index contributed by atoms with van der Waals surface area (Å²) < 4.78 is 0.